The van der Waals surface area contributed by atoms with Gasteiger partial charge < -0.3 is 10.0 Å². The monoisotopic (exact) mass is 295 g/mol. The number of aromatic nitrogens is 3. The zero-order chi connectivity index (χ0) is 16.2. The molecule has 8 nitrogen and oxygen atoms in total. The number of carbonyl (C=O) groups is 2. The van der Waals surface area contributed by atoms with Gasteiger partial charge in [-0.15, -0.1) is 10.2 Å². The van der Waals surface area contributed by atoms with Crippen LogP contribution in [0.4, 0.5) is 10.7 Å². The molecule has 0 aliphatic heterocycles. The summed E-state index contributed by atoms with van der Waals surface area (Å²) in [5, 5.41) is 19.4. The fourth-order valence-electron chi connectivity index (χ4n) is 1.57. The molecule has 2 amide bonds. The van der Waals surface area contributed by atoms with Crippen LogP contribution in [0, 0.1) is 0 Å². The van der Waals surface area contributed by atoms with Crippen molar-refractivity contribution in [2.45, 2.75) is 46.1 Å². The maximum atomic E-state index is 12.1. The van der Waals surface area contributed by atoms with Gasteiger partial charge in [0, 0.05) is 7.05 Å². The smallest absolute Gasteiger partial charge is 0.329 e. The molecule has 0 bridgehead atoms. The van der Waals surface area contributed by atoms with Crippen molar-refractivity contribution in [1.29, 1.82) is 0 Å². The highest BCUT2D eigenvalue weighted by molar-refractivity contribution is 5.92. The van der Waals surface area contributed by atoms with Crippen LogP contribution in [0.5, 0.6) is 0 Å². The molecule has 0 atom stereocenters. The first kappa shape index (κ1) is 16.8. The van der Waals surface area contributed by atoms with Crippen LogP contribution in [-0.2, 0) is 17.6 Å². The van der Waals surface area contributed by atoms with Crippen molar-refractivity contribution in [2.24, 2.45) is 0 Å². The Kier molecular flexibility index (Phi) is 5.17. The molecule has 0 aliphatic carbocycles. The second-order valence-electron chi connectivity index (χ2n) is 5.09. The summed E-state index contributed by atoms with van der Waals surface area (Å²) in [5.74, 6) is -1.03. The molecule has 0 spiro atoms. The molecule has 0 unspecified atom stereocenters. The third kappa shape index (κ3) is 3.65. The highest BCUT2D eigenvalue weighted by atomic mass is 16.4. The summed E-state index contributed by atoms with van der Waals surface area (Å²) in [6, 6.07) is -0.601. The number of carbonyl (C=O) groups excluding carboxylic acids is 1. The Labute approximate surface area is 123 Å². The standard InChI is InChI=1S/C13H21N5O3/c1-6-8-9(7-2)16-17-11(14-8)15-12(21)18(5)13(3,4)10(19)20/h6-7H2,1-5H3,(H,19,20)(H,14,15,17,21). The number of likely N-dealkylation sites (N-methyl/N-ethyl adjacent to an activating group) is 1. The van der Waals surface area contributed by atoms with Gasteiger partial charge in [-0.1, -0.05) is 13.8 Å². The summed E-state index contributed by atoms with van der Waals surface area (Å²) >= 11 is 0. The van der Waals surface area contributed by atoms with E-state index in [1.807, 2.05) is 13.8 Å². The highest BCUT2D eigenvalue weighted by Gasteiger charge is 2.35. The lowest BCUT2D eigenvalue weighted by atomic mass is 10.1. The summed E-state index contributed by atoms with van der Waals surface area (Å²) < 4.78 is 0. The molecule has 1 rings (SSSR count). The first-order valence-electron chi connectivity index (χ1n) is 6.74. The predicted octanol–water partition coefficient (Wildman–Crippen LogP) is 1.32. The Morgan fingerprint density at radius 2 is 1.76 bits per heavy atom. The lowest BCUT2D eigenvalue weighted by Crippen LogP contribution is -2.52. The van der Waals surface area contributed by atoms with E-state index in [2.05, 4.69) is 20.5 Å². The van der Waals surface area contributed by atoms with Crippen LogP contribution in [-0.4, -0.2) is 49.8 Å². The van der Waals surface area contributed by atoms with Crippen molar-refractivity contribution < 1.29 is 14.7 Å². The first-order valence-corrected chi connectivity index (χ1v) is 6.74. The molecule has 1 aromatic heterocycles. The van der Waals surface area contributed by atoms with Gasteiger partial charge in [-0.2, -0.15) is 0 Å². The number of carboxylic acid groups (broad SMARTS) is 1. The van der Waals surface area contributed by atoms with Crippen molar-refractivity contribution in [1.82, 2.24) is 20.1 Å². The molecule has 1 aromatic rings. The molecular weight excluding hydrogens is 274 g/mol. The van der Waals surface area contributed by atoms with E-state index in [1.165, 1.54) is 20.9 Å². The van der Waals surface area contributed by atoms with Gasteiger partial charge in [-0.25, -0.2) is 14.6 Å². The minimum Gasteiger partial charge on any atom is -0.480 e. The second-order valence-corrected chi connectivity index (χ2v) is 5.09. The largest absolute Gasteiger partial charge is 0.480 e. The molecule has 116 valence electrons. The van der Waals surface area contributed by atoms with Crippen LogP contribution in [0.3, 0.4) is 0 Å². The van der Waals surface area contributed by atoms with E-state index >= 15 is 0 Å². The van der Waals surface area contributed by atoms with Crippen molar-refractivity contribution in [3.63, 3.8) is 0 Å². The SMILES string of the molecule is CCc1nnc(NC(=O)N(C)C(C)(C)C(=O)O)nc1CC. The lowest BCUT2D eigenvalue weighted by Gasteiger charge is -2.31. The van der Waals surface area contributed by atoms with Crippen molar-refractivity contribution in [3.05, 3.63) is 11.4 Å². The summed E-state index contributed by atoms with van der Waals surface area (Å²) in [6.45, 7) is 6.76. The van der Waals surface area contributed by atoms with Gasteiger partial charge in [-0.3, -0.25) is 5.32 Å². The van der Waals surface area contributed by atoms with Gasteiger partial charge >= 0.3 is 12.0 Å². The normalized spacial score (nSPS) is 11.1. The number of nitrogens with one attached hydrogen (secondary N) is 1. The average Bonchev–Trinajstić information content (AvgIpc) is 2.45. The first-order chi connectivity index (χ1) is 9.73. The summed E-state index contributed by atoms with van der Waals surface area (Å²) in [6.07, 6.45) is 1.39. The second kappa shape index (κ2) is 6.47. The number of carboxylic acids is 1. The number of anilines is 1. The number of aliphatic carboxylic acids is 1. The van der Waals surface area contributed by atoms with E-state index in [1.54, 1.807) is 0 Å². The molecule has 1 heterocycles. The maximum absolute atomic E-state index is 12.1. The Morgan fingerprint density at radius 3 is 2.24 bits per heavy atom. The fourth-order valence-corrected chi connectivity index (χ4v) is 1.57. The van der Waals surface area contributed by atoms with Gasteiger partial charge in [0.1, 0.15) is 5.54 Å². The van der Waals surface area contributed by atoms with Crippen LogP contribution in [0.15, 0.2) is 0 Å². The zero-order valence-electron chi connectivity index (χ0n) is 13.0. The minimum absolute atomic E-state index is 0.0714. The molecule has 8 heteroatoms. The topological polar surface area (TPSA) is 108 Å². The highest BCUT2D eigenvalue weighted by Crippen LogP contribution is 2.14. The van der Waals surface area contributed by atoms with Crippen LogP contribution >= 0.6 is 0 Å². The Bertz CT molecular complexity index is 545. The minimum atomic E-state index is -1.34. The lowest BCUT2D eigenvalue weighted by molar-refractivity contribution is -0.146. The summed E-state index contributed by atoms with van der Waals surface area (Å²) in [4.78, 5) is 28.5. The average molecular weight is 295 g/mol. The van der Waals surface area contributed by atoms with Gasteiger partial charge in [-0.05, 0) is 26.7 Å². The Balaban J connectivity index is 2.91. The molecule has 0 aliphatic rings. The third-order valence-corrected chi connectivity index (χ3v) is 3.39. The molecule has 0 saturated heterocycles. The fraction of sp³-hybridized carbons (Fsp3) is 0.615. The van der Waals surface area contributed by atoms with Crippen molar-refractivity contribution >= 4 is 17.9 Å². The van der Waals surface area contributed by atoms with E-state index in [9.17, 15) is 9.59 Å². The Morgan fingerprint density at radius 1 is 1.19 bits per heavy atom. The molecule has 0 aromatic carbocycles. The molecule has 0 radical (unpaired) electrons. The predicted molar refractivity (Wildman–Crippen MR) is 77.1 cm³/mol. The summed E-state index contributed by atoms with van der Waals surface area (Å²) in [7, 11) is 1.40. The number of urea groups is 1. The van der Waals surface area contributed by atoms with E-state index < -0.39 is 17.5 Å². The number of hydrogen-bond acceptors (Lipinski definition) is 5. The van der Waals surface area contributed by atoms with Crippen molar-refractivity contribution in [3.8, 4) is 0 Å². The quantitative estimate of drug-likeness (QED) is 0.848. The van der Waals surface area contributed by atoms with E-state index in [0.29, 0.717) is 12.8 Å². The van der Waals surface area contributed by atoms with Gasteiger partial charge in [0.05, 0.1) is 11.4 Å². The van der Waals surface area contributed by atoms with Crippen molar-refractivity contribution in [2.75, 3.05) is 12.4 Å². The number of rotatable bonds is 5. The van der Waals surface area contributed by atoms with Crippen LogP contribution in [0.1, 0.15) is 39.1 Å². The maximum Gasteiger partial charge on any atom is 0.329 e. The van der Waals surface area contributed by atoms with Crippen LogP contribution < -0.4 is 5.32 Å². The molecule has 0 saturated carbocycles. The summed E-state index contributed by atoms with van der Waals surface area (Å²) in [5.41, 5.74) is 0.215. The molecule has 0 fully saturated rings. The molecular formula is C13H21N5O3. The number of aryl methyl sites for hydroxylation is 2. The zero-order valence-corrected chi connectivity index (χ0v) is 13.0. The molecule has 2 N–H and O–H groups in total. The van der Waals surface area contributed by atoms with E-state index in [-0.39, 0.29) is 5.95 Å². The van der Waals surface area contributed by atoms with Crippen LogP contribution in [0.25, 0.3) is 0 Å². The number of nitrogens with zero attached hydrogens (tertiary/aromatic N) is 4. The van der Waals surface area contributed by atoms with Gasteiger partial charge in [0.25, 0.3) is 5.95 Å². The number of hydrogen-bond donors (Lipinski definition) is 2. The third-order valence-electron chi connectivity index (χ3n) is 3.39. The molecule has 21 heavy (non-hydrogen) atoms. The van der Waals surface area contributed by atoms with E-state index in [4.69, 9.17) is 5.11 Å². The Hall–Kier alpha value is -2.25. The number of amides is 2. The van der Waals surface area contributed by atoms with E-state index in [0.717, 1.165) is 16.3 Å². The van der Waals surface area contributed by atoms with Crippen LogP contribution in [0.2, 0.25) is 0 Å². The van der Waals surface area contributed by atoms with Gasteiger partial charge in [0.15, 0.2) is 0 Å². The van der Waals surface area contributed by atoms with Gasteiger partial charge in [0.2, 0.25) is 0 Å².